The topological polar surface area (TPSA) is 97.6 Å². The van der Waals surface area contributed by atoms with Crippen LogP contribution in [-0.2, 0) is 6.54 Å². The van der Waals surface area contributed by atoms with Gasteiger partial charge < -0.3 is 10.6 Å². The molecule has 3 rings (SSSR count). The standard InChI is InChI=1S/C17H21N7OS/c1-3-6-19-14-13-11-21-24(15(13)23-17(22-14)26-2)10-9-20-16(25)12-4-7-18-8-5-12/h4-5,7-8,11H,3,6,9-10H2,1-2H3,(H,20,25)(H,19,22,23). The minimum Gasteiger partial charge on any atom is -0.369 e. The maximum absolute atomic E-state index is 12.1. The van der Waals surface area contributed by atoms with Crippen LogP contribution in [0.2, 0.25) is 0 Å². The third-order valence-corrected chi connectivity index (χ3v) is 4.30. The second kappa shape index (κ2) is 8.61. The fraction of sp³-hybridized carbons (Fsp3) is 0.353. The molecule has 1 amide bonds. The number of rotatable bonds is 8. The zero-order valence-electron chi connectivity index (χ0n) is 14.8. The van der Waals surface area contributed by atoms with Crippen LogP contribution in [0, 0.1) is 0 Å². The van der Waals surface area contributed by atoms with Gasteiger partial charge in [-0.1, -0.05) is 18.7 Å². The summed E-state index contributed by atoms with van der Waals surface area (Å²) >= 11 is 1.49. The van der Waals surface area contributed by atoms with Gasteiger partial charge in [-0.2, -0.15) is 5.10 Å². The first-order chi connectivity index (χ1) is 12.7. The predicted octanol–water partition coefficient (Wildman–Crippen LogP) is 2.20. The number of carbonyl (C=O) groups is 1. The number of hydrogen-bond acceptors (Lipinski definition) is 7. The average molecular weight is 371 g/mol. The van der Waals surface area contributed by atoms with Crippen LogP contribution in [0.4, 0.5) is 5.82 Å². The molecule has 0 aliphatic carbocycles. The average Bonchev–Trinajstić information content (AvgIpc) is 3.09. The van der Waals surface area contributed by atoms with Gasteiger partial charge in [0.15, 0.2) is 10.8 Å². The molecule has 0 fully saturated rings. The summed E-state index contributed by atoms with van der Waals surface area (Å²) in [6.45, 7) is 3.93. The van der Waals surface area contributed by atoms with Crippen LogP contribution in [-0.4, -0.2) is 50.0 Å². The Kier molecular flexibility index (Phi) is 6.00. The summed E-state index contributed by atoms with van der Waals surface area (Å²) in [4.78, 5) is 25.1. The van der Waals surface area contributed by atoms with Gasteiger partial charge in [0.25, 0.3) is 5.91 Å². The Morgan fingerprint density at radius 3 is 2.77 bits per heavy atom. The van der Waals surface area contributed by atoms with Crippen molar-refractivity contribution in [1.82, 2.24) is 30.0 Å². The molecule has 0 unspecified atom stereocenters. The lowest BCUT2D eigenvalue weighted by Crippen LogP contribution is -2.27. The molecular weight excluding hydrogens is 350 g/mol. The number of pyridine rings is 1. The molecule has 2 N–H and O–H groups in total. The smallest absolute Gasteiger partial charge is 0.251 e. The van der Waals surface area contributed by atoms with E-state index in [0.717, 1.165) is 29.8 Å². The second-order valence-corrected chi connectivity index (χ2v) is 6.36. The number of amides is 1. The SMILES string of the molecule is CCCNc1nc(SC)nc2c1cnn2CCNC(=O)c1ccncc1. The van der Waals surface area contributed by atoms with Gasteiger partial charge in [0.05, 0.1) is 18.1 Å². The lowest BCUT2D eigenvalue weighted by molar-refractivity contribution is 0.0952. The van der Waals surface area contributed by atoms with Crippen molar-refractivity contribution in [3.8, 4) is 0 Å². The van der Waals surface area contributed by atoms with Gasteiger partial charge in [-0.15, -0.1) is 0 Å². The third-order valence-electron chi connectivity index (χ3n) is 3.75. The summed E-state index contributed by atoms with van der Waals surface area (Å²) in [5.41, 5.74) is 1.35. The maximum Gasteiger partial charge on any atom is 0.251 e. The lowest BCUT2D eigenvalue weighted by Gasteiger charge is -2.09. The van der Waals surface area contributed by atoms with E-state index in [4.69, 9.17) is 0 Å². The molecule has 0 aliphatic heterocycles. The quantitative estimate of drug-likeness (QED) is 0.463. The van der Waals surface area contributed by atoms with Gasteiger partial charge in [0.1, 0.15) is 5.82 Å². The highest BCUT2D eigenvalue weighted by Gasteiger charge is 2.13. The first kappa shape index (κ1) is 18.1. The van der Waals surface area contributed by atoms with Crippen LogP contribution in [0.15, 0.2) is 35.9 Å². The molecule has 0 saturated heterocycles. The van der Waals surface area contributed by atoms with Crippen LogP contribution >= 0.6 is 11.8 Å². The molecule has 3 aromatic rings. The van der Waals surface area contributed by atoms with E-state index in [1.807, 2.05) is 6.26 Å². The number of anilines is 1. The van der Waals surface area contributed by atoms with Crippen molar-refractivity contribution < 1.29 is 4.79 Å². The monoisotopic (exact) mass is 371 g/mol. The molecule has 0 saturated carbocycles. The lowest BCUT2D eigenvalue weighted by atomic mass is 10.2. The van der Waals surface area contributed by atoms with E-state index in [1.54, 1.807) is 35.4 Å². The highest BCUT2D eigenvalue weighted by atomic mass is 32.2. The zero-order valence-corrected chi connectivity index (χ0v) is 15.6. The predicted molar refractivity (Wildman–Crippen MR) is 102 cm³/mol. The van der Waals surface area contributed by atoms with Gasteiger partial charge >= 0.3 is 0 Å². The molecule has 0 aromatic carbocycles. The van der Waals surface area contributed by atoms with E-state index >= 15 is 0 Å². The van der Waals surface area contributed by atoms with Gasteiger partial charge in [-0.3, -0.25) is 9.78 Å². The van der Waals surface area contributed by atoms with E-state index in [1.165, 1.54) is 11.8 Å². The Morgan fingerprint density at radius 2 is 2.04 bits per heavy atom. The first-order valence-corrected chi connectivity index (χ1v) is 9.65. The van der Waals surface area contributed by atoms with Crippen molar-refractivity contribution in [1.29, 1.82) is 0 Å². The van der Waals surface area contributed by atoms with Crippen LogP contribution in [0.1, 0.15) is 23.7 Å². The van der Waals surface area contributed by atoms with Gasteiger partial charge in [-0.25, -0.2) is 14.6 Å². The summed E-state index contributed by atoms with van der Waals surface area (Å²) in [6, 6.07) is 3.37. The first-order valence-electron chi connectivity index (χ1n) is 8.42. The Labute approximate surface area is 155 Å². The number of hydrogen-bond donors (Lipinski definition) is 2. The number of aromatic nitrogens is 5. The van der Waals surface area contributed by atoms with E-state index in [0.29, 0.717) is 23.8 Å². The Morgan fingerprint density at radius 1 is 1.23 bits per heavy atom. The molecule has 8 nitrogen and oxygen atoms in total. The fourth-order valence-corrected chi connectivity index (χ4v) is 2.81. The van der Waals surface area contributed by atoms with Crippen molar-refractivity contribution in [3.05, 3.63) is 36.3 Å². The highest BCUT2D eigenvalue weighted by Crippen LogP contribution is 2.23. The second-order valence-electron chi connectivity index (χ2n) is 5.58. The molecule has 0 spiro atoms. The van der Waals surface area contributed by atoms with Gasteiger partial charge in [-0.05, 0) is 24.8 Å². The van der Waals surface area contributed by atoms with Crippen molar-refractivity contribution in [3.63, 3.8) is 0 Å². The summed E-state index contributed by atoms with van der Waals surface area (Å²) < 4.78 is 1.79. The Hall–Kier alpha value is -2.68. The van der Waals surface area contributed by atoms with E-state index in [9.17, 15) is 4.79 Å². The molecule has 136 valence electrons. The normalized spacial score (nSPS) is 10.8. The van der Waals surface area contributed by atoms with Crippen LogP contribution in [0.5, 0.6) is 0 Å². The minimum atomic E-state index is -0.131. The van der Waals surface area contributed by atoms with Gasteiger partial charge in [0, 0.05) is 31.0 Å². The maximum atomic E-state index is 12.1. The van der Waals surface area contributed by atoms with Gasteiger partial charge in [0.2, 0.25) is 0 Å². The molecular formula is C17H21N7OS. The Bertz CT molecular complexity index is 881. The molecule has 0 aliphatic rings. The van der Waals surface area contributed by atoms with Crippen molar-refractivity contribution in [2.75, 3.05) is 24.7 Å². The molecule has 26 heavy (non-hydrogen) atoms. The molecule has 0 radical (unpaired) electrons. The zero-order chi connectivity index (χ0) is 18.4. The number of fused-ring (bicyclic) bond motifs is 1. The molecule has 0 bridgehead atoms. The number of carbonyl (C=O) groups excluding carboxylic acids is 1. The summed E-state index contributed by atoms with van der Waals surface area (Å²) in [7, 11) is 0. The Balaban J connectivity index is 1.73. The van der Waals surface area contributed by atoms with Crippen molar-refractivity contribution >= 4 is 34.5 Å². The minimum absolute atomic E-state index is 0.131. The third kappa shape index (κ3) is 4.10. The summed E-state index contributed by atoms with van der Waals surface area (Å²) in [5, 5.41) is 12.2. The number of nitrogens with one attached hydrogen (secondary N) is 2. The summed E-state index contributed by atoms with van der Waals surface area (Å²) in [6.07, 6.45) is 7.92. The molecule has 9 heteroatoms. The van der Waals surface area contributed by atoms with E-state index < -0.39 is 0 Å². The molecule has 3 aromatic heterocycles. The highest BCUT2D eigenvalue weighted by molar-refractivity contribution is 7.98. The molecule has 0 atom stereocenters. The number of nitrogens with zero attached hydrogens (tertiary/aromatic N) is 5. The van der Waals surface area contributed by atoms with Crippen molar-refractivity contribution in [2.45, 2.75) is 25.0 Å². The van der Waals surface area contributed by atoms with Crippen LogP contribution in [0.25, 0.3) is 11.0 Å². The largest absolute Gasteiger partial charge is 0.369 e. The van der Waals surface area contributed by atoms with Crippen LogP contribution in [0.3, 0.4) is 0 Å². The summed E-state index contributed by atoms with van der Waals surface area (Å²) in [5.74, 6) is 0.668. The fourth-order valence-electron chi connectivity index (χ4n) is 2.45. The number of thioether (sulfide) groups is 1. The van der Waals surface area contributed by atoms with E-state index in [-0.39, 0.29) is 5.91 Å². The van der Waals surface area contributed by atoms with Crippen LogP contribution < -0.4 is 10.6 Å². The van der Waals surface area contributed by atoms with Crippen molar-refractivity contribution in [2.24, 2.45) is 0 Å². The van der Waals surface area contributed by atoms with E-state index in [2.05, 4.69) is 37.6 Å². The molecule has 3 heterocycles.